The SMILES string of the molecule is COc1ccc(CNc2nccn3c(C4CCC(C(=O)O)CC4)nc(Br)c23)c(OC)c1. The van der Waals surface area contributed by atoms with Crippen LogP contribution in [0.1, 0.15) is 43.0 Å². The summed E-state index contributed by atoms with van der Waals surface area (Å²) in [4.78, 5) is 20.6. The zero-order valence-corrected chi connectivity index (χ0v) is 19.1. The number of imidazole rings is 1. The zero-order valence-electron chi connectivity index (χ0n) is 17.5. The van der Waals surface area contributed by atoms with E-state index >= 15 is 0 Å². The lowest BCUT2D eigenvalue weighted by Gasteiger charge is -2.25. The number of anilines is 1. The maximum absolute atomic E-state index is 11.3. The van der Waals surface area contributed by atoms with E-state index in [9.17, 15) is 9.90 Å². The van der Waals surface area contributed by atoms with Crippen molar-refractivity contribution < 1.29 is 19.4 Å². The summed E-state index contributed by atoms with van der Waals surface area (Å²) >= 11 is 3.60. The number of fused-ring (bicyclic) bond motifs is 1. The Morgan fingerprint density at radius 2 is 2.03 bits per heavy atom. The minimum Gasteiger partial charge on any atom is -0.497 e. The van der Waals surface area contributed by atoms with Crippen LogP contribution in [0.5, 0.6) is 11.5 Å². The number of carboxylic acid groups (broad SMARTS) is 1. The van der Waals surface area contributed by atoms with E-state index in [1.807, 2.05) is 24.4 Å². The number of aliphatic carboxylic acids is 1. The second-order valence-electron chi connectivity index (χ2n) is 7.67. The highest BCUT2D eigenvalue weighted by Gasteiger charge is 2.30. The van der Waals surface area contributed by atoms with E-state index < -0.39 is 5.97 Å². The molecule has 0 saturated heterocycles. The van der Waals surface area contributed by atoms with E-state index in [0.29, 0.717) is 25.2 Å². The van der Waals surface area contributed by atoms with Gasteiger partial charge < -0.3 is 19.9 Å². The van der Waals surface area contributed by atoms with E-state index in [1.165, 1.54) is 0 Å². The van der Waals surface area contributed by atoms with Gasteiger partial charge in [0.2, 0.25) is 0 Å². The van der Waals surface area contributed by atoms with E-state index in [2.05, 4.69) is 30.6 Å². The number of aromatic nitrogens is 3. The number of ether oxygens (including phenoxy) is 2. The molecule has 0 amide bonds. The molecule has 0 bridgehead atoms. The molecule has 9 heteroatoms. The lowest BCUT2D eigenvalue weighted by Crippen LogP contribution is -2.21. The fraction of sp³-hybridized carbons (Fsp3) is 0.409. The Labute approximate surface area is 188 Å². The molecule has 1 aromatic carbocycles. The van der Waals surface area contributed by atoms with Gasteiger partial charge in [0, 0.05) is 36.5 Å². The largest absolute Gasteiger partial charge is 0.497 e. The van der Waals surface area contributed by atoms with Crippen LogP contribution in [0, 0.1) is 5.92 Å². The van der Waals surface area contributed by atoms with Gasteiger partial charge in [-0.2, -0.15) is 0 Å². The molecule has 1 aliphatic carbocycles. The maximum atomic E-state index is 11.3. The third kappa shape index (κ3) is 4.32. The average molecular weight is 489 g/mol. The summed E-state index contributed by atoms with van der Waals surface area (Å²) in [5, 5.41) is 12.7. The number of benzene rings is 1. The minimum absolute atomic E-state index is 0.228. The topological polar surface area (TPSA) is 98.0 Å². The van der Waals surface area contributed by atoms with Gasteiger partial charge >= 0.3 is 5.97 Å². The predicted molar refractivity (Wildman–Crippen MR) is 120 cm³/mol. The molecule has 2 aromatic heterocycles. The van der Waals surface area contributed by atoms with Crippen molar-refractivity contribution in [2.24, 2.45) is 5.92 Å². The van der Waals surface area contributed by atoms with Crippen molar-refractivity contribution >= 4 is 33.2 Å². The van der Waals surface area contributed by atoms with Crippen molar-refractivity contribution in [2.75, 3.05) is 19.5 Å². The molecule has 1 aliphatic rings. The Morgan fingerprint density at radius 1 is 1.26 bits per heavy atom. The fourth-order valence-electron chi connectivity index (χ4n) is 4.21. The van der Waals surface area contributed by atoms with Gasteiger partial charge in [0.15, 0.2) is 5.82 Å². The number of nitrogens with one attached hydrogen (secondary N) is 1. The Hall–Kier alpha value is -2.81. The first-order chi connectivity index (χ1) is 15.0. The van der Waals surface area contributed by atoms with Crippen molar-refractivity contribution in [3.8, 4) is 11.5 Å². The summed E-state index contributed by atoms with van der Waals surface area (Å²) in [5.41, 5.74) is 1.85. The quantitative estimate of drug-likeness (QED) is 0.505. The summed E-state index contributed by atoms with van der Waals surface area (Å²) in [7, 11) is 3.26. The molecule has 1 saturated carbocycles. The van der Waals surface area contributed by atoms with Crippen molar-refractivity contribution in [3.05, 3.63) is 46.6 Å². The third-order valence-electron chi connectivity index (χ3n) is 5.92. The third-order valence-corrected chi connectivity index (χ3v) is 6.47. The van der Waals surface area contributed by atoms with Crippen LogP contribution >= 0.6 is 15.9 Å². The van der Waals surface area contributed by atoms with Gasteiger partial charge in [-0.15, -0.1) is 0 Å². The van der Waals surface area contributed by atoms with Crippen LogP contribution in [-0.4, -0.2) is 39.7 Å². The molecule has 0 aliphatic heterocycles. The van der Waals surface area contributed by atoms with Crippen molar-refractivity contribution in [3.63, 3.8) is 0 Å². The molecule has 0 spiro atoms. The Morgan fingerprint density at radius 3 is 2.71 bits per heavy atom. The number of methoxy groups -OCH3 is 2. The van der Waals surface area contributed by atoms with Crippen LogP contribution < -0.4 is 14.8 Å². The van der Waals surface area contributed by atoms with Crippen LogP contribution in [0.4, 0.5) is 5.82 Å². The Balaban J connectivity index is 1.57. The second kappa shape index (κ2) is 9.13. The second-order valence-corrected chi connectivity index (χ2v) is 8.42. The predicted octanol–water partition coefficient (Wildman–Crippen LogP) is 4.48. The van der Waals surface area contributed by atoms with Crippen LogP contribution in [0.3, 0.4) is 0 Å². The minimum atomic E-state index is -0.697. The van der Waals surface area contributed by atoms with Gasteiger partial charge in [0.05, 0.1) is 20.1 Å². The van der Waals surface area contributed by atoms with Crippen LogP contribution in [-0.2, 0) is 11.3 Å². The zero-order chi connectivity index (χ0) is 22.0. The van der Waals surface area contributed by atoms with Crippen molar-refractivity contribution in [2.45, 2.75) is 38.1 Å². The molecule has 164 valence electrons. The highest BCUT2D eigenvalue weighted by Crippen LogP contribution is 2.38. The first kappa shape index (κ1) is 21.4. The number of carboxylic acids is 1. The summed E-state index contributed by atoms with van der Waals surface area (Å²) in [6, 6.07) is 5.71. The number of carbonyl (C=O) groups is 1. The van der Waals surface area contributed by atoms with Gasteiger partial charge in [-0.25, -0.2) is 9.97 Å². The summed E-state index contributed by atoms with van der Waals surface area (Å²) < 4.78 is 13.5. The van der Waals surface area contributed by atoms with E-state index in [4.69, 9.17) is 14.5 Å². The Bertz CT molecular complexity index is 1090. The Kier molecular flexibility index (Phi) is 6.31. The van der Waals surface area contributed by atoms with Crippen LogP contribution in [0.2, 0.25) is 0 Å². The molecular weight excluding hydrogens is 464 g/mol. The number of hydrogen-bond donors (Lipinski definition) is 2. The fourth-order valence-corrected chi connectivity index (χ4v) is 4.77. The summed E-state index contributed by atoms with van der Waals surface area (Å²) in [6.07, 6.45) is 6.65. The molecular formula is C22H25BrN4O4. The molecule has 0 radical (unpaired) electrons. The van der Waals surface area contributed by atoms with Gasteiger partial charge in [-0.3, -0.25) is 9.20 Å². The summed E-state index contributed by atoms with van der Waals surface area (Å²) in [5.74, 6) is 2.42. The molecule has 3 aromatic rings. The highest BCUT2D eigenvalue weighted by atomic mass is 79.9. The summed E-state index contributed by atoms with van der Waals surface area (Å²) in [6.45, 7) is 0.524. The standard InChI is InChI=1S/C22H25BrN4O4/c1-30-16-8-7-15(17(11-16)31-2)12-25-20-18-19(23)26-21(27(18)10-9-24-20)13-3-5-14(6-4-13)22(28)29/h7-11,13-14H,3-6,12H2,1-2H3,(H,24,25)(H,28,29). The van der Waals surface area contributed by atoms with Gasteiger partial charge in [0.1, 0.15) is 27.4 Å². The van der Waals surface area contributed by atoms with E-state index in [1.54, 1.807) is 20.4 Å². The van der Waals surface area contributed by atoms with Crippen LogP contribution in [0.25, 0.3) is 5.52 Å². The first-order valence-corrected chi connectivity index (χ1v) is 11.0. The molecule has 31 heavy (non-hydrogen) atoms. The first-order valence-electron chi connectivity index (χ1n) is 10.2. The van der Waals surface area contributed by atoms with E-state index in [0.717, 1.165) is 45.8 Å². The number of nitrogens with zero attached hydrogens (tertiary/aromatic N) is 3. The van der Waals surface area contributed by atoms with Gasteiger partial charge in [-0.1, -0.05) is 0 Å². The number of hydrogen-bond acceptors (Lipinski definition) is 6. The number of rotatable bonds is 7. The average Bonchev–Trinajstić information content (AvgIpc) is 3.14. The monoisotopic (exact) mass is 488 g/mol. The molecule has 0 atom stereocenters. The van der Waals surface area contributed by atoms with Crippen molar-refractivity contribution in [1.29, 1.82) is 0 Å². The van der Waals surface area contributed by atoms with Crippen molar-refractivity contribution in [1.82, 2.24) is 14.4 Å². The molecule has 0 unspecified atom stereocenters. The molecule has 1 fully saturated rings. The molecule has 8 nitrogen and oxygen atoms in total. The van der Waals surface area contributed by atoms with Crippen LogP contribution in [0.15, 0.2) is 35.2 Å². The highest BCUT2D eigenvalue weighted by molar-refractivity contribution is 9.10. The van der Waals surface area contributed by atoms with Gasteiger partial charge in [0.25, 0.3) is 0 Å². The maximum Gasteiger partial charge on any atom is 0.306 e. The number of halogens is 1. The normalized spacial score (nSPS) is 18.7. The van der Waals surface area contributed by atoms with E-state index in [-0.39, 0.29) is 11.8 Å². The van der Waals surface area contributed by atoms with Gasteiger partial charge in [-0.05, 0) is 53.7 Å². The lowest BCUT2D eigenvalue weighted by atomic mass is 9.81. The molecule has 4 rings (SSSR count). The smallest absolute Gasteiger partial charge is 0.306 e. The lowest BCUT2D eigenvalue weighted by molar-refractivity contribution is -0.142. The molecule has 2 N–H and O–H groups in total. The molecule has 2 heterocycles.